The molecule has 3 aromatic heterocycles. The second-order valence-electron chi connectivity index (χ2n) is 6.88. The van der Waals surface area contributed by atoms with Crippen molar-refractivity contribution >= 4 is 28.2 Å². The summed E-state index contributed by atoms with van der Waals surface area (Å²) in [5.74, 6) is -0.397. The van der Waals surface area contributed by atoms with E-state index in [1.54, 1.807) is 35.4 Å². The molecule has 6 heteroatoms. The van der Waals surface area contributed by atoms with Crippen LogP contribution in [0.5, 0.6) is 0 Å². The molecule has 0 saturated heterocycles. The normalized spacial score (nSPS) is 11.1. The molecule has 0 radical (unpaired) electrons. The van der Waals surface area contributed by atoms with E-state index in [0.29, 0.717) is 16.7 Å². The van der Waals surface area contributed by atoms with Crippen molar-refractivity contribution < 1.29 is 9.21 Å². The van der Waals surface area contributed by atoms with Crippen molar-refractivity contribution in [2.24, 2.45) is 0 Å². The molecule has 30 heavy (non-hydrogen) atoms. The third-order valence-corrected chi connectivity index (χ3v) is 4.97. The number of rotatable bonds is 4. The second kappa shape index (κ2) is 7.33. The molecule has 5 rings (SSSR count). The molecular formula is C24H17N3O3. The number of imidazole rings is 1. The van der Waals surface area contributed by atoms with Crippen LogP contribution in [0.1, 0.15) is 16.2 Å². The zero-order chi connectivity index (χ0) is 20.5. The van der Waals surface area contributed by atoms with Gasteiger partial charge < -0.3 is 8.82 Å². The van der Waals surface area contributed by atoms with Gasteiger partial charge in [0.15, 0.2) is 11.2 Å². The monoisotopic (exact) mass is 395 g/mol. The summed E-state index contributed by atoms with van der Waals surface area (Å²) in [6.45, 7) is 0.268. The highest BCUT2D eigenvalue weighted by Crippen LogP contribution is 2.22. The number of para-hydroxylation sites is 2. The quantitative estimate of drug-likeness (QED) is 0.455. The van der Waals surface area contributed by atoms with Gasteiger partial charge in [-0.1, -0.05) is 36.4 Å². The van der Waals surface area contributed by atoms with E-state index in [9.17, 15) is 9.59 Å². The number of carbonyl (C=O) groups excluding carboxylic acids is 1. The lowest BCUT2D eigenvalue weighted by atomic mass is 10.2. The minimum Gasteiger partial charge on any atom is -0.451 e. The highest BCUT2D eigenvalue weighted by molar-refractivity contribution is 6.04. The number of hydrogen-bond donors (Lipinski definition) is 0. The van der Waals surface area contributed by atoms with Crippen molar-refractivity contribution in [3.8, 4) is 0 Å². The van der Waals surface area contributed by atoms with Crippen LogP contribution in [-0.2, 0) is 6.54 Å². The summed E-state index contributed by atoms with van der Waals surface area (Å²) in [7, 11) is 0. The van der Waals surface area contributed by atoms with Gasteiger partial charge in [-0.25, -0.2) is 4.98 Å². The average molecular weight is 395 g/mol. The summed E-state index contributed by atoms with van der Waals surface area (Å²) in [4.78, 5) is 32.0. The summed E-state index contributed by atoms with van der Waals surface area (Å²) in [6, 6.07) is 23.2. The summed E-state index contributed by atoms with van der Waals surface area (Å²) < 4.78 is 7.73. The zero-order valence-corrected chi connectivity index (χ0v) is 15.9. The number of aromatic nitrogens is 2. The Morgan fingerprint density at radius 2 is 1.73 bits per heavy atom. The van der Waals surface area contributed by atoms with E-state index in [2.05, 4.69) is 4.98 Å². The van der Waals surface area contributed by atoms with E-state index >= 15 is 0 Å². The van der Waals surface area contributed by atoms with Crippen LogP contribution in [-0.4, -0.2) is 15.3 Å². The van der Waals surface area contributed by atoms with Crippen LogP contribution in [0.15, 0.2) is 100 Å². The van der Waals surface area contributed by atoms with Crippen LogP contribution < -0.4 is 10.3 Å². The summed E-state index contributed by atoms with van der Waals surface area (Å²) in [6.07, 6.45) is 3.65. The van der Waals surface area contributed by atoms with Gasteiger partial charge in [-0.15, -0.1) is 0 Å². The standard InChI is InChI=1S/C24H17N3O3/c28-20-14-22(30-21-11-5-4-10-19(20)21)24(29)27(17-8-2-1-3-9-17)16-18-15-25-23-12-6-7-13-26(18)23/h1-15H,16H2. The van der Waals surface area contributed by atoms with E-state index in [0.717, 1.165) is 11.3 Å². The number of anilines is 1. The Labute approximate surface area is 171 Å². The fraction of sp³-hybridized carbons (Fsp3) is 0.0417. The third kappa shape index (κ3) is 3.14. The molecule has 0 aliphatic rings. The molecule has 0 atom stereocenters. The summed E-state index contributed by atoms with van der Waals surface area (Å²) in [5, 5.41) is 0.446. The first-order valence-corrected chi connectivity index (χ1v) is 9.51. The average Bonchev–Trinajstić information content (AvgIpc) is 3.20. The Hall–Kier alpha value is -4.19. The molecule has 0 saturated carbocycles. The van der Waals surface area contributed by atoms with Gasteiger partial charge in [0.1, 0.15) is 11.2 Å². The van der Waals surface area contributed by atoms with Crippen molar-refractivity contribution in [2.45, 2.75) is 6.54 Å². The first-order chi connectivity index (χ1) is 14.7. The molecule has 1 amide bonds. The van der Waals surface area contributed by atoms with Crippen molar-refractivity contribution in [1.82, 2.24) is 9.38 Å². The van der Waals surface area contributed by atoms with E-state index in [4.69, 9.17) is 4.42 Å². The van der Waals surface area contributed by atoms with Gasteiger partial charge in [0.25, 0.3) is 5.91 Å². The molecule has 6 nitrogen and oxygen atoms in total. The Bertz CT molecular complexity index is 1420. The van der Waals surface area contributed by atoms with Gasteiger partial charge in [-0.3, -0.25) is 14.5 Å². The maximum absolute atomic E-state index is 13.5. The number of hydrogen-bond acceptors (Lipinski definition) is 4. The highest BCUT2D eigenvalue weighted by Gasteiger charge is 2.23. The van der Waals surface area contributed by atoms with Gasteiger partial charge in [-0.2, -0.15) is 0 Å². The van der Waals surface area contributed by atoms with Crippen molar-refractivity contribution in [1.29, 1.82) is 0 Å². The highest BCUT2D eigenvalue weighted by atomic mass is 16.3. The van der Waals surface area contributed by atoms with E-state index in [-0.39, 0.29) is 17.7 Å². The number of pyridine rings is 1. The Morgan fingerprint density at radius 1 is 0.967 bits per heavy atom. The topological polar surface area (TPSA) is 67.8 Å². The molecule has 0 N–H and O–H groups in total. The third-order valence-electron chi connectivity index (χ3n) is 4.97. The zero-order valence-electron chi connectivity index (χ0n) is 15.9. The lowest BCUT2D eigenvalue weighted by Crippen LogP contribution is -2.31. The molecular weight excluding hydrogens is 378 g/mol. The first kappa shape index (κ1) is 17.9. The predicted octanol–water partition coefficient (Wildman–Crippen LogP) is 4.29. The molecule has 0 aliphatic heterocycles. The van der Waals surface area contributed by atoms with Crippen LogP contribution in [0.3, 0.4) is 0 Å². The van der Waals surface area contributed by atoms with Gasteiger partial charge in [-0.05, 0) is 36.4 Å². The van der Waals surface area contributed by atoms with Gasteiger partial charge >= 0.3 is 0 Å². The fourth-order valence-corrected chi connectivity index (χ4v) is 3.49. The number of amides is 1. The van der Waals surface area contributed by atoms with Crippen LogP contribution in [0.4, 0.5) is 5.69 Å². The van der Waals surface area contributed by atoms with E-state index < -0.39 is 5.91 Å². The summed E-state index contributed by atoms with van der Waals surface area (Å²) >= 11 is 0. The SMILES string of the molecule is O=C(c1cc(=O)c2ccccc2o1)N(Cc1cnc2ccccn12)c1ccccc1. The van der Waals surface area contributed by atoms with Gasteiger partial charge in [0.05, 0.1) is 23.8 Å². The van der Waals surface area contributed by atoms with Crippen molar-refractivity contribution in [3.63, 3.8) is 0 Å². The molecule has 0 unspecified atom stereocenters. The van der Waals surface area contributed by atoms with Gasteiger partial charge in [0.2, 0.25) is 0 Å². The Kier molecular flexibility index (Phi) is 4.37. The van der Waals surface area contributed by atoms with Crippen LogP contribution >= 0.6 is 0 Å². The molecule has 5 aromatic rings. The Balaban J connectivity index is 1.60. The molecule has 2 aromatic carbocycles. The molecule has 0 bridgehead atoms. The van der Waals surface area contributed by atoms with E-state index in [1.807, 2.05) is 59.1 Å². The van der Waals surface area contributed by atoms with E-state index in [1.165, 1.54) is 6.07 Å². The Morgan fingerprint density at radius 3 is 2.60 bits per heavy atom. The smallest absolute Gasteiger partial charge is 0.294 e. The number of fused-ring (bicyclic) bond motifs is 2. The second-order valence-corrected chi connectivity index (χ2v) is 6.88. The van der Waals surface area contributed by atoms with Crippen molar-refractivity contribution in [3.05, 3.63) is 113 Å². The number of carbonyl (C=O) groups is 1. The van der Waals surface area contributed by atoms with Crippen LogP contribution in [0, 0.1) is 0 Å². The summed E-state index contributed by atoms with van der Waals surface area (Å²) in [5.41, 5.74) is 2.47. The van der Waals surface area contributed by atoms with Crippen LogP contribution in [0.2, 0.25) is 0 Å². The molecule has 0 aliphatic carbocycles. The largest absolute Gasteiger partial charge is 0.451 e. The number of nitrogens with zero attached hydrogens (tertiary/aromatic N) is 3. The van der Waals surface area contributed by atoms with Crippen LogP contribution in [0.25, 0.3) is 16.6 Å². The maximum Gasteiger partial charge on any atom is 0.294 e. The first-order valence-electron chi connectivity index (χ1n) is 9.51. The lowest BCUT2D eigenvalue weighted by Gasteiger charge is -2.22. The lowest BCUT2D eigenvalue weighted by molar-refractivity contribution is 0.0958. The minimum atomic E-state index is -0.394. The number of benzene rings is 2. The van der Waals surface area contributed by atoms with Crippen molar-refractivity contribution in [2.75, 3.05) is 4.90 Å². The van der Waals surface area contributed by atoms with Gasteiger partial charge in [0, 0.05) is 18.0 Å². The molecule has 146 valence electrons. The fourth-order valence-electron chi connectivity index (χ4n) is 3.49. The molecule has 3 heterocycles. The molecule has 0 fully saturated rings. The molecule has 0 spiro atoms. The minimum absolute atomic E-state index is 0.00336. The predicted molar refractivity (Wildman–Crippen MR) is 115 cm³/mol. The maximum atomic E-state index is 13.5.